The number of fused-ring (bicyclic) bond motifs is 1. The number of hydrazone groups is 1. The lowest BCUT2D eigenvalue weighted by atomic mass is 10.1. The monoisotopic (exact) mass is 413 g/mol. The van der Waals surface area contributed by atoms with Gasteiger partial charge in [0.1, 0.15) is 11.5 Å². The molecule has 0 saturated carbocycles. The van der Waals surface area contributed by atoms with Crippen molar-refractivity contribution in [2.45, 2.75) is 13.8 Å². The van der Waals surface area contributed by atoms with Crippen molar-refractivity contribution in [2.75, 3.05) is 7.11 Å². The van der Waals surface area contributed by atoms with Gasteiger partial charge >= 0.3 is 0 Å². The summed E-state index contributed by atoms with van der Waals surface area (Å²) in [4.78, 5) is 12.5. The number of methoxy groups -OCH3 is 1. The summed E-state index contributed by atoms with van der Waals surface area (Å²) in [5.41, 5.74) is 6.63. The molecule has 156 valence electrons. The summed E-state index contributed by atoms with van der Waals surface area (Å²) in [7, 11) is 1.64. The van der Waals surface area contributed by atoms with Crippen LogP contribution in [0, 0.1) is 13.8 Å². The number of phenolic OH excluding ortho intramolecular Hbond substituents is 1. The van der Waals surface area contributed by atoms with E-state index in [1.54, 1.807) is 25.5 Å². The maximum atomic E-state index is 12.5. The van der Waals surface area contributed by atoms with Gasteiger partial charge in [-0.25, -0.2) is 5.43 Å². The molecule has 31 heavy (non-hydrogen) atoms. The highest BCUT2D eigenvalue weighted by Gasteiger charge is 2.13. The molecule has 3 aromatic carbocycles. The molecular formula is C25H23N3O3. The van der Waals surface area contributed by atoms with Crippen LogP contribution >= 0.6 is 0 Å². The molecule has 4 aromatic rings. The number of nitrogens with zero attached hydrogens (tertiary/aromatic N) is 2. The van der Waals surface area contributed by atoms with Gasteiger partial charge in [0.25, 0.3) is 5.91 Å². The number of carbonyl (C=O) groups excluding carboxylic acids is 1. The predicted octanol–water partition coefficient (Wildman–Crippen LogP) is 4.73. The van der Waals surface area contributed by atoms with Crippen LogP contribution in [0.2, 0.25) is 0 Å². The molecule has 2 N–H and O–H groups in total. The number of aryl methyl sites for hydroxylation is 1. The van der Waals surface area contributed by atoms with Gasteiger partial charge in [0.2, 0.25) is 0 Å². The quantitative estimate of drug-likeness (QED) is 0.367. The predicted molar refractivity (Wildman–Crippen MR) is 122 cm³/mol. The maximum absolute atomic E-state index is 12.5. The van der Waals surface area contributed by atoms with E-state index < -0.39 is 5.91 Å². The zero-order valence-electron chi connectivity index (χ0n) is 17.6. The fourth-order valence-corrected chi connectivity index (χ4v) is 3.68. The molecule has 6 nitrogen and oxygen atoms in total. The van der Waals surface area contributed by atoms with Crippen LogP contribution in [0.25, 0.3) is 16.5 Å². The number of hydrogen-bond acceptors (Lipinski definition) is 4. The lowest BCUT2D eigenvalue weighted by Crippen LogP contribution is -2.17. The van der Waals surface area contributed by atoms with Crippen molar-refractivity contribution in [2.24, 2.45) is 5.10 Å². The minimum Gasteiger partial charge on any atom is -0.507 e. The van der Waals surface area contributed by atoms with E-state index in [1.807, 2.05) is 68.4 Å². The van der Waals surface area contributed by atoms with Gasteiger partial charge in [-0.15, -0.1) is 0 Å². The second-order valence-corrected chi connectivity index (χ2v) is 7.28. The van der Waals surface area contributed by atoms with E-state index in [9.17, 15) is 9.90 Å². The van der Waals surface area contributed by atoms with Gasteiger partial charge in [-0.1, -0.05) is 24.3 Å². The van der Waals surface area contributed by atoms with Gasteiger partial charge < -0.3 is 14.4 Å². The van der Waals surface area contributed by atoms with Crippen LogP contribution in [-0.2, 0) is 0 Å². The van der Waals surface area contributed by atoms with Crippen LogP contribution in [0.15, 0.2) is 71.8 Å². The molecule has 4 rings (SSSR count). The van der Waals surface area contributed by atoms with Crippen LogP contribution in [0.5, 0.6) is 11.5 Å². The summed E-state index contributed by atoms with van der Waals surface area (Å²) in [6.07, 6.45) is 1.61. The third-order valence-corrected chi connectivity index (χ3v) is 5.28. The van der Waals surface area contributed by atoms with E-state index in [-0.39, 0.29) is 11.3 Å². The summed E-state index contributed by atoms with van der Waals surface area (Å²) < 4.78 is 7.34. The van der Waals surface area contributed by atoms with Gasteiger partial charge in [-0.05, 0) is 67.1 Å². The van der Waals surface area contributed by atoms with E-state index in [4.69, 9.17) is 4.74 Å². The van der Waals surface area contributed by atoms with E-state index >= 15 is 0 Å². The van der Waals surface area contributed by atoms with Crippen LogP contribution in [-0.4, -0.2) is 28.9 Å². The molecule has 0 aliphatic rings. The molecule has 0 aliphatic carbocycles. The summed E-state index contributed by atoms with van der Waals surface area (Å²) in [5.74, 6) is 0.250. The molecule has 0 saturated heterocycles. The number of benzene rings is 3. The SMILES string of the molecule is COc1ccc(-n2c(C)cc(C=NNC(=O)c3cc4ccccc4cc3O)c2C)cc1. The number of amides is 1. The molecule has 0 bridgehead atoms. The first-order valence-electron chi connectivity index (χ1n) is 9.86. The molecule has 0 spiro atoms. The first kappa shape index (κ1) is 20.2. The second kappa shape index (κ2) is 8.36. The molecule has 0 radical (unpaired) electrons. The fraction of sp³-hybridized carbons (Fsp3) is 0.120. The number of ether oxygens (including phenoxy) is 1. The number of aromatic nitrogens is 1. The van der Waals surface area contributed by atoms with Gasteiger partial charge in [0.15, 0.2) is 0 Å². The van der Waals surface area contributed by atoms with E-state index in [0.717, 1.165) is 39.2 Å². The number of hydrogen-bond donors (Lipinski definition) is 2. The van der Waals surface area contributed by atoms with Crippen LogP contribution in [0.1, 0.15) is 27.3 Å². The minimum absolute atomic E-state index is 0.0796. The third kappa shape index (κ3) is 4.00. The van der Waals surface area contributed by atoms with E-state index in [1.165, 1.54) is 0 Å². The zero-order chi connectivity index (χ0) is 22.0. The topological polar surface area (TPSA) is 75.8 Å². The minimum atomic E-state index is -0.469. The molecular weight excluding hydrogens is 390 g/mol. The van der Waals surface area contributed by atoms with Crippen molar-refractivity contribution in [1.82, 2.24) is 9.99 Å². The zero-order valence-corrected chi connectivity index (χ0v) is 17.6. The van der Waals surface area contributed by atoms with E-state index in [2.05, 4.69) is 15.1 Å². The fourth-order valence-electron chi connectivity index (χ4n) is 3.68. The van der Waals surface area contributed by atoms with Crippen LogP contribution < -0.4 is 10.2 Å². The largest absolute Gasteiger partial charge is 0.507 e. The Morgan fingerprint density at radius 1 is 1.03 bits per heavy atom. The Balaban J connectivity index is 1.54. The molecule has 1 aromatic heterocycles. The summed E-state index contributed by atoms with van der Waals surface area (Å²) in [5, 5.41) is 16.1. The van der Waals surface area contributed by atoms with Crippen molar-refractivity contribution in [1.29, 1.82) is 0 Å². The first-order valence-corrected chi connectivity index (χ1v) is 9.86. The molecule has 1 amide bonds. The lowest BCUT2D eigenvalue weighted by molar-refractivity contribution is 0.0952. The average Bonchev–Trinajstić information content (AvgIpc) is 3.06. The molecule has 0 unspecified atom stereocenters. The highest BCUT2D eigenvalue weighted by atomic mass is 16.5. The summed E-state index contributed by atoms with van der Waals surface area (Å²) >= 11 is 0. The normalized spacial score (nSPS) is 11.2. The number of aromatic hydroxyl groups is 1. The highest BCUT2D eigenvalue weighted by Crippen LogP contribution is 2.25. The van der Waals surface area contributed by atoms with Crippen molar-refractivity contribution in [3.63, 3.8) is 0 Å². The van der Waals surface area contributed by atoms with Crippen molar-refractivity contribution < 1.29 is 14.6 Å². The standard InChI is InChI=1S/C25H23N3O3/c1-16-12-20(17(2)28(16)21-8-10-22(31-3)11-9-21)15-26-27-25(30)23-13-18-6-4-5-7-19(18)14-24(23)29/h4-15,29H,1-3H3,(H,27,30). The number of nitrogens with one attached hydrogen (secondary N) is 1. The van der Waals surface area contributed by atoms with Gasteiger partial charge in [0.05, 0.1) is 18.9 Å². The highest BCUT2D eigenvalue weighted by molar-refractivity contribution is 6.01. The Kier molecular flexibility index (Phi) is 5.45. The second-order valence-electron chi connectivity index (χ2n) is 7.28. The Morgan fingerprint density at radius 3 is 2.39 bits per heavy atom. The Labute approximate surface area is 180 Å². The third-order valence-electron chi connectivity index (χ3n) is 5.28. The molecule has 0 aliphatic heterocycles. The van der Waals surface area contributed by atoms with Crippen molar-refractivity contribution >= 4 is 22.9 Å². The Morgan fingerprint density at radius 2 is 1.71 bits per heavy atom. The first-order chi connectivity index (χ1) is 15.0. The lowest BCUT2D eigenvalue weighted by Gasteiger charge is -2.10. The average molecular weight is 413 g/mol. The van der Waals surface area contributed by atoms with Gasteiger partial charge in [-0.3, -0.25) is 4.79 Å². The maximum Gasteiger partial charge on any atom is 0.275 e. The molecule has 6 heteroatoms. The van der Waals surface area contributed by atoms with Gasteiger partial charge in [0, 0.05) is 22.6 Å². The smallest absolute Gasteiger partial charge is 0.275 e. The number of carbonyl (C=O) groups is 1. The number of rotatable bonds is 5. The number of phenols is 1. The Bertz CT molecular complexity index is 1290. The van der Waals surface area contributed by atoms with E-state index in [0.29, 0.717) is 0 Å². The van der Waals surface area contributed by atoms with Crippen LogP contribution in [0.3, 0.4) is 0 Å². The molecule has 1 heterocycles. The van der Waals surface area contributed by atoms with Crippen molar-refractivity contribution in [3.05, 3.63) is 89.2 Å². The van der Waals surface area contributed by atoms with Crippen LogP contribution in [0.4, 0.5) is 0 Å². The summed E-state index contributed by atoms with van der Waals surface area (Å²) in [6.45, 7) is 4.01. The summed E-state index contributed by atoms with van der Waals surface area (Å²) in [6, 6.07) is 20.6. The molecule has 0 fully saturated rings. The van der Waals surface area contributed by atoms with Gasteiger partial charge in [-0.2, -0.15) is 5.10 Å². The molecule has 0 atom stereocenters. The Hall–Kier alpha value is -4.06. The van der Waals surface area contributed by atoms with Crippen molar-refractivity contribution in [3.8, 4) is 17.2 Å².